The lowest BCUT2D eigenvalue weighted by atomic mass is 10.0. The van der Waals surface area contributed by atoms with Gasteiger partial charge in [0.05, 0.1) is 6.54 Å². The summed E-state index contributed by atoms with van der Waals surface area (Å²) in [7, 11) is 1.96. The molecule has 0 aliphatic heterocycles. The first kappa shape index (κ1) is 12.6. The third-order valence-electron chi connectivity index (χ3n) is 3.23. The zero-order valence-electron chi connectivity index (χ0n) is 11.3. The molecule has 1 heterocycles. The van der Waals surface area contributed by atoms with Gasteiger partial charge in [-0.25, -0.2) is 0 Å². The van der Waals surface area contributed by atoms with Gasteiger partial charge >= 0.3 is 0 Å². The summed E-state index contributed by atoms with van der Waals surface area (Å²) in [6.45, 7) is 5.07. The van der Waals surface area contributed by atoms with E-state index in [0.29, 0.717) is 6.54 Å². The summed E-state index contributed by atoms with van der Waals surface area (Å²) in [5.41, 5.74) is 3.97. The molecule has 0 saturated carbocycles. The smallest absolute Gasteiger partial charge is 0.151 e. The molecular weight excluding hydrogens is 224 g/mol. The van der Waals surface area contributed by atoms with E-state index < -0.39 is 0 Å². The van der Waals surface area contributed by atoms with Crippen LogP contribution in [-0.2, 0) is 26.4 Å². The number of aryl methyl sites for hydroxylation is 3. The van der Waals surface area contributed by atoms with Gasteiger partial charge in [0.25, 0.3) is 0 Å². The standard InChI is InChI=1S/C14H20N4/c1-4-11-7-6-8-12(5-2)14(11)15-9-13-17-16-10-18(13)3/h6-8,10,15H,4-5,9H2,1-3H3. The number of benzene rings is 1. The Kier molecular flexibility index (Phi) is 3.97. The van der Waals surface area contributed by atoms with Gasteiger partial charge in [-0.3, -0.25) is 0 Å². The second kappa shape index (κ2) is 5.67. The molecule has 18 heavy (non-hydrogen) atoms. The van der Waals surface area contributed by atoms with Crippen LogP contribution in [0.4, 0.5) is 5.69 Å². The second-order valence-corrected chi connectivity index (χ2v) is 4.37. The number of anilines is 1. The van der Waals surface area contributed by atoms with Crippen molar-refractivity contribution in [3.63, 3.8) is 0 Å². The number of hydrogen-bond acceptors (Lipinski definition) is 3. The summed E-state index contributed by atoms with van der Waals surface area (Å²) >= 11 is 0. The number of rotatable bonds is 5. The van der Waals surface area contributed by atoms with Gasteiger partial charge in [-0.1, -0.05) is 32.0 Å². The van der Waals surface area contributed by atoms with Crippen LogP contribution in [0.2, 0.25) is 0 Å². The van der Waals surface area contributed by atoms with Crippen molar-refractivity contribution in [3.8, 4) is 0 Å². The minimum Gasteiger partial charge on any atom is -0.377 e. The first-order valence-corrected chi connectivity index (χ1v) is 6.43. The predicted molar refractivity (Wildman–Crippen MR) is 73.5 cm³/mol. The molecule has 4 nitrogen and oxygen atoms in total. The van der Waals surface area contributed by atoms with Crippen LogP contribution >= 0.6 is 0 Å². The Bertz CT molecular complexity index is 494. The molecule has 96 valence electrons. The SMILES string of the molecule is CCc1cccc(CC)c1NCc1nncn1C. The zero-order chi connectivity index (χ0) is 13.0. The summed E-state index contributed by atoms with van der Waals surface area (Å²) in [5.74, 6) is 0.947. The fraction of sp³-hybridized carbons (Fsp3) is 0.429. The van der Waals surface area contributed by atoms with Crippen molar-refractivity contribution in [2.45, 2.75) is 33.2 Å². The molecule has 1 aromatic carbocycles. The van der Waals surface area contributed by atoms with Crippen LogP contribution in [0.3, 0.4) is 0 Å². The van der Waals surface area contributed by atoms with Gasteiger partial charge in [-0.15, -0.1) is 10.2 Å². The van der Waals surface area contributed by atoms with E-state index in [1.165, 1.54) is 16.8 Å². The Balaban J connectivity index is 2.20. The first-order valence-electron chi connectivity index (χ1n) is 6.43. The molecule has 0 radical (unpaired) electrons. The van der Waals surface area contributed by atoms with Crippen molar-refractivity contribution >= 4 is 5.69 Å². The van der Waals surface area contributed by atoms with Crippen molar-refractivity contribution in [2.75, 3.05) is 5.32 Å². The van der Waals surface area contributed by atoms with Crippen LogP contribution in [0, 0.1) is 0 Å². The van der Waals surface area contributed by atoms with E-state index >= 15 is 0 Å². The van der Waals surface area contributed by atoms with Gasteiger partial charge in [0.1, 0.15) is 6.33 Å². The number of nitrogens with zero attached hydrogens (tertiary/aromatic N) is 3. The molecule has 2 aromatic rings. The molecule has 1 aromatic heterocycles. The first-order chi connectivity index (χ1) is 8.76. The Labute approximate surface area is 108 Å². The maximum atomic E-state index is 4.09. The largest absolute Gasteiger partial charge is 0.377 e. The van der Waals surface area contributed by atoms with E-state index in [4.69, 9.17) is 0 Å². The summed E-state index contributed by atoms with van der Waals surface area (Å²) in [6.07, 6.45) is 3.80. The van der Waals surface area contributed by atoms with Crippen LogP contribution in [0.1, 0.15) is 30.8 Å². The zero-order valence-corrected chi connectivity index (χ0v) is 11.3. The van der Waals surface area contributed by atoms with E-state index in [0.717, 1.165) is 18.7 Å². The highest BCUT2D eigenvalue weighted by Crippen LogP contribution is 2.22. The van der Waals surface area contributed by atoms with E-state index in [9.17, 15) is 0 Å². The number of aromatic nitrogens is 3. The van der Waals surface area contributed by atoms with Crippen molar-refractivity contribution in [3.05, 3.63) is 41.5 Å². The minimum atomic E-state index is 0.709. The van der Waals surface area contributed by atoms with Gasteiger partial charge in [0.15, 0.2) is 5.82 Å². The van der Waals surface area contributed by atoms with Crippen molar-refractivity contribution < 1.29 is 0 Å². The molecule has 4 heteroatoms. The lowest BCUT2D eigenvalue weighted by Gasteiger charge is -2.14. The molecule has 0 atom stereocenters. The number of para-hydroxylation sites is 1. The number of hydrogen-bond donors (Lipinski definition) is 1. The summed E-state index contributed by atoms with van der Waals surface area (Å²) in [6, 6.07) is 6.49. The maximum Gasteiger partial charge on any atom is 0.151 e. The number of nitrogens with one attached hydrogen (secondary N) is 1. The van der Waals surface area contributed by atoms with Crippen molar-refractivity contribution in [1.82, 2.24) is 14.8 Å². The summed E-state index contributed by atoms with van der Waals surface area (Å²) in [5, 5.41) is 11.5. The Hall–Kier alpha value is -1.84. The van der Waals surface area contributed by atoms with Crippen LogP contribution < -0.4 is 5.32 Å². The highest BCUT2D eigenvalue weighted by atomic mass is 15.3. The highest BCUT2D eigenvalue weighted by Gasteiger charge is 2.07. The fourth-order valence-electron chi connectivity index (χ4n) is 2.10. The van der Waals surface area contributed by atoms with Crippen LogP contribution in [0.15, 0.2) is 24.5 Å². The quantitative estimate of drug-likeness (QED) is 0.879. The third kappa shape index (κ3) is 2.53. The lowest BCUT2D eigenvalue weighted by molar-refractivity contribution is 0.810. The summed E-state index contributed by atoms with van der Waals surface area (Å²) in [4.78, 5) is 0. The van der Waals surface area contributed by atoms with Crippen LogP contribution in [-0.4, -0.2) is 14.8 Å². The summed E-state index contributed by atoms with van der Waals surface area (Å²) < 4.78 is 1.94. The normalized spacial score (nSPS) is 10.6. The monoisotopic (exact) mass is 244 g/mol. The van der Waals surface area contributed by atoms with Gasteiger partial charge < -0.3 is 9.88 Å². The van der Waals surface area contributed by atoms with Gasteiger partial charge in [0.2, 0.25) is 0 Å². The molecule has 0 aliphatic rings. The highest BCUT2D eigenvalue weighted by molar-refractivity contribution is 5.57. The van der Waals surface area contributed by atoms with E-state index in [-0.39, 0.29) is 0 Å². The van der Waals surface area contributed by atoms with E-state index in [2.05, 4.69) is 47.6 Å². The van der Waals surface area contributed by atoms with E-state index in [1.54, 1.807) is 6.33 Å². The molecule has 0 aliphatic carbocycles. The fourth-order valence-corrected chi connectivity index (χ4v) is 2.10. The molecule has 0 spiro atoms. The Morgan fingerprint density at radius 2 is 1.83 bits per heavy atom. The topological polar surface area (TPSA) is 42.7 Å². The van der Waals surface area contributed by atoms with Crippen LogP contribution in [0.25, 0.3) is 0 Å². The molecular formula is C14H20N4. The molecule has 0 unspecified atom stereocenters. The van der Waals surface area contributed by atoms with Gasteiger partial charge in [-0.05, 0) is 24.0 Å². The Morgan fingerprint density at radius 3 is 2.33 bits per heavy atom. The second-order valence-electron chi connectivity index (χ2n) is 4.37. The molecule has 0 fully saturated rings. The molecule has 2 rings (SSSR count). The van der Waals surface area contributed by atoms with Gasteiger partial charge in [-0.2, -0.15) is 0 Å². The minimum absolute atomic E-state index is 0.709. The maximum absolute atomic E-state index is 4.09. The average molecular weight is 244 g/mol. The van der Waals surface area contributed by atoms with Gasteiger partial charge in [0, 0.05) is 12.7 Å². The Morgan fingerprint density at radius 1 is 1.17 bits per heavy atom. The molecule has 0 saturated heterocycles. The van der Waals surface area contributed by atoms with E-state index in [1.807, 2.05) is 11.6 Å². The predicted octanol–water partition coefficient (Wildman–Crippen LogP) is 2.55. The molecule has 1 N–H and O–H groups in total. The average Bonchev–Trinajstić information content (AvgIpc) is 2.81. The molecule has 0 bridgehead atoms. The third-order valence-corrected chi connectivity index (χ3v) is 3.23. The molecule has 0 amide bonds. The van der Waals surface area contributed by atoms with Crippen molar-refractivity contribution in [1.29, 1.82) is 0 Å². The van der Waals surface area contributed by atoms with Crippen molar-refractivity contribution in [2.24, 2.45) is 7.05 Å². The lowest BCUT2D eigenvalue weighted by Crippen LogP contribution is -2.09. The van der Waals surface area contributed by atoms with Crippen LogP contribution in [0.5, 0.6) is 0 Å².